The molecule has 0 bridgehead atoms. The summed E-state index contributed by atoms with van der Waals surface area (Å²) in [5.41, 5.74) is 6.63. The molecule has 1 rings (SSSR count). The Morgan fingerprint density at radius 3 is 2.35 bits per heavy atom. The highest BCUT2D eigenvalue weighted by Crippen LogP contribution is 2.26. The molecule has 3 atom stereocenters. The molecule has 0 aliphatic carbocycles. The average Bonchev–Trinajstić information content (AvgIpc) is 2.32. The molecule has 2 nitrogen and oxygen atoms in total. The Bertz CT molecular complexity index is 325. The van der Waals surface area contributed by atoms with Crippen LogP contribution < -0.4 is 5.73 Å². The van der Waals surface area contributed by atoms with Crippen LogP contribution in [0, 0.1) is 11.7 Å². The van der Waals surface area contributed by atoms with Gasteiger partial charge in [-0.2, -0.15) is 0 Å². The first-order valence-electron chi connectivity index (χ1n) is 6.23. The van der Waals surface area contributed by atoms with Crippen LogP contribution in [-0.2, 0) is 0 Å². The van der Waals surface area contributed by atoms with Gasteiger partial charge in [-0.05, 0) is 30.0 Å². The minimum atomic E-state index is -0.467. The maximum absolute atomic E-state index is 12.8. The van der Waals surface area contributed by atoms with Crippen molar-refractivity contribution in [3.8, 4) is 0 Å². The molecular weight excluding hydrogens is 217 g/mol. The monoisotopic (exact) mass is 239 g/mol. The second-order valence-electron chi connectivity index (χ2n) is 4.65. The molecule has 0 fully saturated rings. The Morgan fingerprint density at radius 1 is 1.29 bits per heavy atom. The number of rotatable bonds is 6. The molecule has 0 heterocycles. The van der Waals surface area contributed by atoms with E-state index >= 15 is 0 Å². The highest BCUT2D eigenvalue weighted by molar-refractivity contribution is 5.22. The quantitative estimate of drug-likeness (QED) is 0.801. The van der Waals surface area contributed by atoms with Gasteiger partial charge in [0.1, 0.15) is 5.82 Å². The highest BCUT2D eigenvalue weighted by Gasteiger charge is 2.24. The first-order valence-corrected chi connectivity index (χ1v) is 6.23. The maximum Gasteiger partial charge on any atom is 0.123 e. The summed E-state index contributed by atoms with van der Waals surface area (Å²) in [5.74, 6) is -0.170. The number of aliphatic hydroxyl groups excluding tert-OH is 1. The van der Waals surface area contributed by atoms with Gasteiger partial charge in [-0.3, -0.25) is 0 Å². The molecule has 3 N–H and O–H groups in total. The van der Waals surface area contributed by atoms with E-state index in [-0.39, 0.29) is 17.7 Å². The topological polar surface area (TPSA) is 46.2 Å². The molecule has 0 saturated heterocycles. The molecule has 0 saturated carbocycles. The molecule has 3 unspecified atom stereocenters. The number of benzene rings is 1. The van der Waals surface area contributed by atoms with Crippen molar-refractivity contribution in [2.24, 2.45) is 11.7 Å². The van der Waals surface area contributed by atoms with E-state index in [0.717, 1.165) is 18.4 Å². The SMILES string of the molecule is CCCC(C)C(O)C(CN)c1ccc(F)cc1. The molecule has 0 amide bonds. The van der Waals surface area contributed by atoms with Crippen LogP contribution in [0.15, 0.2) is 24.3 Å². The first kappa shape index (κ1) is 14.1. The number of halogens is 1. The van der Waals surface area contributed by atoms with E-state index in [1.165, 1.54) is 12.1 Å². The minimum Gasteiger partial charge on any atom is -0.392 e. The summed E-state index contributed by atoms with van der Waals surface area (Å²) in [6.07, 6.45) is 1.54. The zero-order chi connectivity index (χ0) is 12.8. The van der Waals surface area contributed by atoms with Crippen molar-refractivity contribution in [3.05, 3.63) is 35.6 Å². The van der Waals surface area contributed by atoms with Gasteiger partial charge in [-0.25, -0.2) is 4.39 Å². The summed E-state index contributed by atoms with van der Waals surface area (Å²) >= 11 is 0. The number of hydrogen-bond acceptors (Lipinski definition) is 2. The third-order valence-corrected chi connectivity index (χ3v) is 3.29. The van der Waals surface area contributed by atoms with E-state index in [0.29, 0.717) is 6.54 Å². The second kappa shape index (κ2) is 6.72. The van der Waals surface area contributed by atoms with Crippen molar-refractivity contribution in [2.75, 3.05) is 6.54 Å². The van der Waals surface area contributed by atoms with Gasteiger partial charge in [0.25, 0.3) is 0 Å². The third kappa shape index (κ3) is 3.79. The van der Waals surface area contributed by atoms with Crippen LogP contribution in [0.5, 0.6) is 0 Å². The summed E-state index contributed by atoms with van der Waals surface area (Å²) < 4.78 is 12.8. The van der Waals surface area contributed by atoms with Gasteiger partial charge in [-0.1, -0.05) is 32.4 Å². The summed E-state index contributed by atoms with van der Waals surface area (Å²) in [4.78, 5) is 0. The molecule has 0 aliphatic rings. The zero-order valence-electron chi connectivity index (χ0n) is 10.6. The fraction of sp³-hybridized carbons (Fsp3) is 0.571. The van der Waals surface area contributed by atoms with Gasteiger partial charge in [0.05, 0.1) is 6.10 Å². The van der Waals surface area contributed by atoms with Crippen LogP contribution in [0.2, 0.25) is 0 Å². The molecule has 17 heavy (non-hydrogen) atoms. The van der Waals surface area contributed by atoms with E-state index in [2.05, 4.69) is 6.92 Å². The van der Waals surface area contributed by atoms with E-state index in [9.17, 15) is 9.50 Å². The maximum atomic E-state index is 12.8. The standard InChI is InChI=1S/C14H22FNO/c1-3-4-10(2)14(17)13(9-16)11-5-7-12(15)8-6-11/h5-8,10,13-14,17H,3-4,9,16H2,1-2H3. The Kier molecular flexibility index (Phi) is 5.59. The molecule has 3 heteroatoms. The van der Waals surface area contributed by atoms with E-state index < -0.39 is 6.10 Å². The van der Waals surface area contributed by atoms with Crippen LogP contribution in [0.3, 0.4) is 0 Å². The van der Waals surface area contributed by atoms with Crippen LogP contribution in [0.25, 0.3) is 0 Å². The molecule has 1 aromatic carbocycles. The number of hydrogen-bond donors (Lipinski definition) is 2. The van der Waals surface area contributed by atoms with Crippen molar-refractivity contribution in [3.63, 3.8) is 0 Å². The normalized spacial score (nSPS) is 16.5. The molecule has 0 aromatic heterocycles. The Balaban J connectivity index is 2.79. The predicted molar refractivity (Wildman–Crippen MR) is 68.3 cm³/mol. The Hall–Kier alpha value is -0.930. The lowest BCUT2D eigenvalue weighted by Gasteiger charge is -2.27. The lowest BCUT2D eigenvalue weighted by Crippen LogP contribution is -2.31. The molecule has 96 valence electrons. The van der Waals surface area contributed by atoms with Gasteiger partial charge in [0, 0.05) is 12.5 Å². The van der Waals surface area contributed by atoms with Crippen molar-refractivity contribution in [1.82, 2.24) is 0 Å². The van der Waals surface area contributed by atoms with Crippen molar-refractivity contribution >= 4 is 0 Å². The van der Waals surface area contributed by atoms with Crippen molar-refractivity contribution in [1.29, 1.82) is 0 Å². The van der Waals surface area contributed by atoms with Gasteiger partial charge in [0.15, 0.2) is 0 Å². The van der Waals surface area contributed by atoms with Crippen molar-refractivity contribution in [2.45, 2.75) is 38.7 Å². The average molecular weight is 239 g/mol. The minimum absolute atomic E-state index is 0.114. The van der Waals surface area contributed by atoms with Crippen molar-refractivity contribution < 1.29 is 9.50 Å². The predicted octanol–water partition coefficient (Wildman–Crippen LogP) is 2.67. The third-order valence-electron chi connectivity index (χ3n) is 3.29. The summed E-state index contributed by atoms with van der Waals surface area (Å²) in [5, 5.41) is 10.3. The zero-order valence-corrected chi connectivity index (χ0v) is 10.6. The Labute approximate surface area is 103 Å². The van der Waals surface area contributed by atoms with Gasteiger partial charge in [0.2, 0.25) is 0 Å². The van der Waals surface area contributed by atoms with Crippen LogP contribution in [0.4, 0.5) is 4.39 Å². The molecule has 1 aromatic rings. The fourth-order valence-corrected chi connectivity index (χ4v) is 2.21. The molecule has 0 aliphatic heterocycles. The number of nitrogens with two attached hydrogens (primary N) is 1. The first-order chi connectivity index (χ1) is 8.10. The lowest BCUT2D eigenvalue weighted by atomic mass is 9.85. The smallest absolute Gasteiger partial charge is 0.123 e. The molecular formula is C14H22FNO. The molecule has 0 spiro atoms. The largest absolute Gasteiger partial charge is 0.392 e. The lowest BCUT2D eigenvalue weighted by molar-refractivity contribution is 0.0858. The van der Waals surface area contributed by atoms with E-state index in [1.54, 1.807) is 12.1 Å². The second-order valence-corrected chi connectivity index (χ2v) is 4.65. The van der Waals surface area contributed by atoms with Crippen LogP contribution in [0.1, 0.15) is 38.2 Å². The fourth-order valence-electron chi connectivity index (χ4n) is 2.21. The van der Waals surface area contributed by atoms with Crippen LogP contribution >= 0.6 is 0 Å². The highest BCUT2D eigenvalue weighted by atomic mass is 19.1. The van der Waals surface area contributed by atoms with Gasteiger partial charge in [-0.15, -0.1) is 0 Å². The summed E-state index contributed by atoms with van der Waals surface area (Å²) in [6, 6.07) is 6.23. The summed E-state index contributed by atoms with van der Waals surface area (Å²) in [7, 11) is 0. The molecule has 0 radical (unpaired) electrons. The van der Waals surface area contributed by atoms with Gasteiger partial charge < -0.3 is 10.8 Å². The number of aliphatic hydroxyl groups is 1. The van der Waals surface area contributed by atoms with Crippen LogP contribution in [-0.4, -0.2) is 17.8 Å². The summed E-state index contributed by atoms with van der Waals surface area (Å²) in [6.45, 7) is 4.50. The van der Waals surface area contributed by atoms with E-state index in [4.69, 9.17) is 5.73 Å². The van der Waals surface area contributed by atoms with Gasteiger partial charge >= 0.3 is 0 Å². The van der Waals surface area contributed by atoms with E-state index in [1.807, 2.05) is 6.92 Å². The Morgan fingerprint density at radius 2 is 1.88 bits per heavy atom.